The van der Waals surface area contributed by atoms with Crippen LogP contribution in [-0.4, -0.2) is 21.5 Å². The van der Waals surface area contributed by atoms with E-state index in [0.29, 0.717) is 5.02 Å². The lowest BCUT2D eigenvalue weighted by molar-refractivity contribution is 0.587. The summed E-state index contributed by atoms with van der Waals surface area (Å²) in [6, 6.07) is 4.49. The third-order valence-electron chi connectivity index (χ3n) is 1.61. The minimum atomic E-state index is -3.66. The second-order valence-electron chi connectivity index (χ2n) is 2.91. The van der Waals surface area contributed by atoms with E-state index in [9.17, 15) is 8.42 Å². The lowest BCUT2D eigenvalue weighted by atomic mass is 10.3. The van der Waals surface area contributed by atoms with Crippen LogP contribution in [0, 0.1) is 0 Å². The molecule has 90 valence electrons. The van der Waals surface area contributed by atoms with Crippen molar-refractivity contribution in [2.45, 2.75) is 0 Å². The minimum Gasteiger partial charge on any atom is -0.329 e. The Kier molecular flexibility index (Phi) is 4.82. The van der Waals surface area contributed by atoms with Crippen LogP contribution in [0.2, 0.25) is 10.0 Å². The van der Waals surface area contributed by atoms with Crippen molar-refractivity contribution in [3.63, 3.8) is 0 Å². The molecule has 0 spiro atoms. The molecule has 0 amide bonds. The molecule has 8 heteroatoms. The summed E-state index contributed by atoms with van der Waals surface area (Å²) >= 11 is 11.5. The molecule has 0 saturated carbocycles. The van der Waals surface area contributed by atoms with Crippen LogP contribution in [-0.2, 0) is 10.2 Å². The third-order valence-corrected chi connectivity index (χ3v) is 3.25. The lowest BCUT2D eigenvalue weighted by Crippen LogP contribution is -2.34. The Hall–Kier alpha value is -0.530. The summed E-state index contributed by atoms with van der Waals surface area (Å²) in [5, 5.41) is 0.656. The van der Waals surface area contributed by atoms with E-state index in [0.717, 1.165) is 0 Å². The zero-order chi connectivity index (χ0) is 12.2. The highest BCUT2D eigenvalue weighted by atomic mass is 35.5. The molecule has 0 heterocycles. The van der Waals surface area contributed by atoms with Crippen LogP contribution >= 0.6 is 23.2 Å². The number of benzene rings is 1. The van der Waals surface area contributed by atoms with Crippen molar-refractivity contribution in [3.05, 3.63) is 28.2 Å². The van der Waals surface area contributed by atoms with E-state index >= 15 is 0 Å². The number of nitrogens with one attached hydrogen (secondary N) is 2. The number of anilines is 1. The smallest absolute Gasteiger partial charge is 0.299 e. The molecule has 16 heavy (non-hydrogen) atoms. The maximum Gasteiger partial charge on any atom is 0.299 e. The SMILES string of the molecule is NCCNS(=O)(=O)Nc1cc(Cl)ccc1Cl. The van der Waals surface area contributed by atoms with E-state index in [1.165, 1.54) is 12.1 Å². The van der Waals surface area contributed by atoms with Gasteiger partial charge in [0.2, 0.25) is 0 Å². The predicted molar refractivity (Wildman–Crippen MR) is 66.1 cm³/mol. The third kappa shape index (κ3) is 4.15. The largest absolute Gasteiger partial charge is 0.329 e. The molecule has 0 aliphatic rings. The number of rotatable bonds is 5. The number of nitrogens with two attached hydrogens (primary N) is 1. The number of hydrogen-bond donors (Lipinski definition) is 3. The van der Waals surface area contributed by atoms with Gasteiger partial charge in [0.25, 0.3) is 10.2 Å². The Morgan fingerprint density at radius 3 is 2.62 bits per heavy atom. The second-order valence-corrected chi connectivity index (χ2v) is 5.26. The van der Waals surface area contributed by atoms with Gasteiger partial charge in [0, 0.05) is 18.1 Å². The zero-order valence-electron chi connectivity index (χ0n) is 8.20. The van der Waals surface area contributed by atoms with Gasteiger partial charge in [0.1, 0.15) is 0 Å². The van der Waals surface area contributed by atoms with Gasteiger partial charge in [-0.05, 0) is 18.2 Å². The van der Waals surface area contributed by atoms with Gasteiger partial charge >= 0.3 is 0 Å². The first-order chi connectivity index (χ1) is 7.44. The quantitative estimate of drug-likeness (QED) is 0.759. The van der Waals surface area contributed by atoms with Gasteiger partial charge in [-0.2, -0.15) is 13.1 Å². The van der Waals surface area contributed by atoms with Crippen molar-refractivity contribution < 1.29 is 8.42 Å². The van der Waals surface area contributed by atoms with Crippen LogP contribution in [0.1, 0.15) is 0 Å². The van der Waals surface area contributed by atoms with Gasteiger partial charge in [-0.25, -0.2) is 0 Å². The van der Waals surface area contributed by atoms with E-state index in [1.54, 1.807) is 6.07 Å². The highest BCUT2D eigenvalue weighted by Gasteiger charge is 2.11. The molecule has 1 aromatic rings. The molecule has 5 nitrogen and oxygen atoms in total. The van der Waals surface area contributed by atoms with Gasteiger partial charge in [-0.3, -0.25) is 4.72 Å². The average molecular weight is 284 g/mol. The van der Waals surface area contributed by atoms with Crippen molar-refractivity contribution in [2.75, 3.05) is 17.8 Å². The minimum absolute atomic E-state index is 0.146. The molecule has 0 unspecified atom stereocenters. The summed E-state index contributed by atoms with van der Waals surface area (Å²) < 4.78 is 27.4. The molecule has 4 N–H and O–H groups in total. The van der Waals surface area contributed by atoms with Crippen LogP contribution < -0.4 is 15.2 Å². The molecular formula is C8H11Cl2N3O2S. The Morgan fingerprint density at radius 1 is 1.31 bits per heavy atom. The van der Waals surface area contributed by atoms with Gasteiger partial charge in [-0.1, -0.05) is 23.2 Å². The molecule has 0 aromatic heterocycles. The van der Waals surface area contributed by atoms with Gasteiger partial charge in [0.05, 0.1) is 10.7 Å². The first kappa shape index (κ1) is 13.5. The molecular weight excluding hydrogens is 273 g/mol. The number of hydrogen-bond acceptors (Lipinski definition) is 3. The standard InChI is InChI=1S/C8H11Cl2N3O2S/c9-6-1-2-7(10)8(5-6)13-16(14,15)12-4-3-11/h1-2,5,12-13H,3-4,11H2. The summed E-state index contributed by atoms with van der Waals surface area (Å²) in [5.74, 6) is 0. The fraction of sp³-hybridized carbons (Fsp3) is 0.250. The molecule has 0 bridgehead atoms. The summed E-state index contributed by atoms with van der Waals surface area (Å²) in [6.07, 6.45) is 0. The van der Waals surface area contributed by atoms with Crippen molar-refractivity contribution in [2.24, 2.45) is 5.73 Å². The fourth-order valence-corrected chi connectivity index (χ4v) is 2.26. The summed E-state index contributed by atoms with van der Waals surface area (Å²) in [5.41, 5.74) is 5.40. The Morgan fingerprint density at radius 2 is 2.00 bits per heavy atom. The summed E-state index contributed by atoms with van der Waals surface area (Å²) in [4.78, 5) is 0. The van der Waals surface area contributed by atoms with E-state index in [-0.39, 0.29) is 23.8 Å². The van der Waals surface area contributed by atoms with Crippen LogP contribution in [0.3, 0.4) is 0 Å². The Balaban J connectivity index is 2.83. The maximum absolute atomic E-state index is 11.4. The first-order valence-corrected chi connectivity index (χ1v) is 6.61. The van der Waals surface area contributed by atoms with Crippen molar-refractivity contribution in [1.29, 1.82) is 0 Å². The van der Waals surface area contributed by atoms with Crippen molar-refractivity contribution >= 4 is 39.1 Å². The molecule has 0 fully saturated rings. The fourth-order valence-electron chi connectivity index (χ4n) is 0.950. The molecule has 0 aliphatic carbocycles. The maximum atomic E-state index is 11.4. The molecule has 0 atom stereocenters. The van der Waals surface area contributed by atoms with Crippen molar-refractivity contribution in [3.8, 4) is 0 Å². The Labute approximate surface area is 104 Å². The van der Waals surface area contributed by atoms with Crippen LogP contribution in [0.4, 0.5) is 5.69 Å². The van der Waals surface area contributed by atoms with E-state index in [4.69, 9.17) is 28.9 Å². The average Bonchev–Trinajstić information content (AvgIpc) is 2.20. The van der Waals surface area contributed by atoms with Crippen LogP contribution in [0.25, 0.3) is 0 Å². The molecule has 0 aliphatic heterocycles. The predicted octanol–water partition coefficient (Wildman–Crippen LogP) is 1.20. The van der Waals surface area contributed by atoms with E-state index < -0.39 is 10.2 Å². The first-order valence-electron chi connectivity index (χ1n) is 4.37. The second kappa shape index (κ2) is 5.70. The topological polar surface area (TPSA) is 84.2 Å². The molecule has 1 rings (SSSR count). The van der Waals surface area contributed by atoms with Crippen LogP contribution in [0.15, 0.2) is 18.2 Å². The number of halogens is 2. The van der Waals surface area contributed by atoms with E-state index in [1.807, 2.05) is 0 Å². The highest BCUT2D eigenvalue weighted by molar-refractivity contribution is 7.90. The zero-order valence-corrected chi connectivity index (χ0v) is 10.5. The van der Waals surface area contributed by atoms with Gasteiger partial charge in [0.15, 0.2) is 0 Å². The summed E-state index contributed by atoms with van der Waals surface area (Å²) in [7, 11) is -3.66. The monoisotopic (exact) mass is 283 g/mol. The highest BCUT2D eigenvalue weighted by Crippen LogP contribution is 2.25. The lowest BCUT2D eigenvalue weighted by Gasteiger charge is -2.10. The van der Waals surface area contributed by atoms with Crippen molar-refractivity contribution in [1.82, 2.24) is 4.72 Å². The van der Waals surface area contributed by atoms with E-state index in [2.05, 4.69) is 9.44 Å². The normalized spacial score (nSPS) is 11.4. The Bertz CT molecular complexity index is 464. The summed E-state index contributed by atoms with van der Waals surface area (Å²) in [6.45, 7) is 0.359. The van der Waals surface area contributed by atoms with Crippen LogP contribution in [0.5, 0.6) is 0 Å². The molecule has 0 saturated heterocycles. The molecule has 1 aromatic carbocycles. The van der Waals surface area contributed by atoms with Gasteiger partial charge < -0.3 is 5.73 Å². The van der Waals surface area contributed by atoms with Gasteiger partial charge in [-0.15, -0.1) is 0 Å². The molecule has 0 radical (unpaired) electrons.